The van der Waals surface area contributed by atoms with E-state index in [1.54, 1.807) is 16.7 Å². The van der Waals surface area contributed by atoms with Crippen molar-refractivity contribution in [3.63, 3.8) is 0 Å². The van der Waals surface area contributed by atoms with Crippen LogP contribution in [-0.4, -0.2) is 35.1 Å². The summed E-state index contributed by atoms with van der Waals surface area (Å²) in [5.74, 6) is 0.811. The van der Waals surface area contributed by atoms with E-state index >= 15 is 0 Å². The molecule has 1 N–H and O–H groups in total. The van der Waals surface area contributed by atoms with Crippen molar-refractivity contribution in [1.82, 2.24) is 10.2 Å². The van der Waals surface area contributed by atoms with Gasteiger partial charge >= 0.3 is 0 Å². The second kappa shape index (κ2) is 14.7. The molecule has 0 aromatic heterocycles. The van der Waals surface area contributed by atoms with Crippen LogP contribution < -0.4 is 5.32 Å². The number of rotatable bonds is 13. The number of hydrogen-bond acceptors (Lipinski definition) is 3. The number of unbranched alkanes of at least 4 members (excludes halogenated alkanes) is 1. The minimum Gasteiger partial charge on any atom is -0.354 e. The van der Waals surface area contributed by atoms with Crippen LogP contribution in [0.1, 0.15) is 42.0 Å². The number of nitrogens with zero attached hydrogens (tertiary/aromatic N) is 1. The zero-order chi connectivity index (χ0) is 25.8. The maximum absolute atomic E-state index is 13.7. The topological polar surface area (TPSA) is 49.4 Å². The highest BCUT2D eigenvalue weighted by Gasteiger charge is 2.30. The van der Waals surface area contributed by atoms with Gasteiger partial charge in [-0.25, -0.2) is 0 Å². The van der Waals surface area contributed by atoms with Crippen LogP contribution in [0.5, 0.6) is 0 Å². The maximum atomic E-state index is 13.7. The largest absolute Gasteiger partial charge is 0.354 e. The van der Waals surface area contributed by atoms with Crippen LogP contribution in [0.2, 0.25) is 5.02 Å². The highest BCUT2D eigenvalue weighted by molar-refractivity contribution is 7.99. The average molecular weight is 523 g/mol. The molecule has 1 atom stereocenters. The third kappa shape index (κ3) is 9.03. The number of hydrogen-bond donors (Lipinski definition) is 1. The molecule has 0 saturated heterocycles. The highest BCUT2D eigenvalue weighted by Crippen LogP contribution is 2.20. The van der Waals surface area contributed by atoms with Gasteiger partial charge in [-0.3, -0.25) is 9.59 Å². The Hall–Kier alpha value is -2.76. The van der Waals surface area contributed by atoms with E-state index in [-0.39, 0.29) is 17.6 Å². The molecule has 6 heteroatoms. The lowest BCUT2D eigenvalue weighted by Crippen LogP contribution is -2.51. The van der Waals surface area contributed by atoms with E-state index < -0.39 is 6.04 Å². The average Bonchev–Trinajstić information content (AvgIpc) is 2.87. The second-order valence-corrected chi connectivity index (χ2v) is 10.4. The third-order valence-corrected chi connectivity index (χ3v) is 7.14. The maximum Gasteiger partial charge on any atom is 0.243 e. The summed E-state index contributed by atoms with van der Waals surface area (Å²) >= 11 is 7.66. The molecule has 0 aliphatic carbocycles. The third-order valence-electron chi connectivity index (χ3n) is 5.92. The normalized spacial score (nSPS) is 11.6. The summed E-state index contributed by atoms with van der Waals surface area (Å²) in [7, 11) is 0. The Morgan fingerprint density at radius 2 is 1.67 bits per heavy atom. The summed E-state index contributed by atoms with van der Waals surface area (Å²) in [4.78, 5) is 28.8. The summed E-state index contributed by atoms with van der Waals surface area (Å²) in [6.45, 7) is 5.13. The fraction of sp³-hybridized carbons (Fsp3) is 0.333. The molecule has 36 heavy (non-hydrogen) atoms. The van der Waals surface area contributed by atoms with Gasteiger partial charge in [-0.1, -0.05) is 97.2 Å². The molecule has 0 fully saturated rings. The van der Waals surface area contributed by atoms with Gasteiger partial charge in [-0.2, -0.15) is 0 Å². The van der Waals surface area contributed by atoms with Crippen LogP contribution in [0.15, 0.2) is 78.9 Å². The summed E-state index contributed by atoms with van der Waals surface area (Å²) < 4.78 is 0. The number of amides is 2. The first-order valence-corrected chi connectivity index (χ1v) is 14.0. The predicted octanol–water partition coefficient (Wildman–Crippen LogP) is 6.44. The first kappa shape index (κ1) is 27.8. The highest BCUT2D eigenvalue weighted by atomic mass is 35.5. The fourth-order valence-electron chi connectivity index (χ4n) is 4.03. The van der Waals surface area contributed by atoms with Crippen molar-refractivity contribution in [2.45, 2.75) is 51.4 Å². The molecule has 0 aliphatic heterocycles. The lowest BCUT2D eigenvalue weighted by atomic mass is 10.0. The van der Waals surface area contributed by atoms with Gasteiger partial charge in [0.25, 0.3) is 0 Å². The molecule has 3 aromatic rings. The Kier molecular flexibility index (Phi) is 11.4. The minimum atomic E-state index is -0.593. The minimum absolute atomic E-state index is 0.0462. The molecule has 4 nitrogen and oxygen atoms in total. The SMILES string of the molecule is CCCCNC(=O)[C@H](Cc1ccccc1)N(Cc1cccc(C)c1)C(=O)CSCc1cccc(Cl)c1. The standard InChI is InChI=1S/C30H35ClN2O2S/c1-3-4-16-32-30(35)28(19-24-11-6-5-7-12-24)33(20-25-13-8-10-23(2)17-25)29(34)22-36-21-26-14-9-15-27(31)18-26/h5-15,17-18,28H,3-4,16,19-22H2,1-2H3,(H,32,35)/t28-/m0/s1. The first-order chi connectivity index (χ1) is 17.5. The van der Waals surface area contributed by atoms with Crippen molar-refractivity contribution in [2.24, 2.45) is 0 Å². The van der Waals surface area contributed by atoms with Crippen molar-refractivity contribution in [3.8, 4) is 0 Å². The molecule has 0 unspecified atom stereocenters. The lowest BCUT2D eigenvalue weighted by molar-refractivity contribution is -0.139. The van der Waals surface area contributed by atoms with Crippen molar-refractivity contribution >= 4 is 35.2 Å². The summed E-state index contributed by atoms with van der Waals surface area (Å²) in [5, 5.41) is 3.76. The van der Waals surface area contributed by atoms with Crippen LogP contribution in [0.4, 0.5) is 0 Å². The van der Waals surface area contributed by atoms with Crippen LogP contribution in [0, 0.1) is 6.92 Å². The van der Waals surface area contributed by atoms with E-state index in [4.69, 9.17) is 11.6 Å². The Balaban J connectivity index is 1.83. The molecule has 0 spiro atoms. The Morgan fingerprint density at radius 1 is 0.944 bits per heavy atom. The molecular weight excluding hydrogens is 488 g/mol. The monoisotopic (exact) mass is 522 g/mol. The predicted molar refractivity (Wildman–Crippen MR) is 151 cm³/mol. The number of thioether (sulfide) groups is 1. The Bertz CT molecular complexity index is 1120. The molecule has 0 bridgehead atoms. The number of aryl methyl sites for hydroxylation is 1. The number of carbonyl (C=O) groups excluding carboxylic acids is 2. The number of benzene rings is 3. The summed E-state index contributed by atoms with van der Waals surface area (Å²) in [6.07, 6.45) is 2.37. The van der Waals surface area contributed by atoms with Gasteiger partial charge in [-0.15, -0.1) is 11.8 Å². The van der Waals surface area contributed by atoms with E-state index in [1.807, 2.05) is 79.7 Å². The second-order valence-electron chi connectivity index (χ2n) is 8.98. The van der Waals surface area contributed by atoms with Gasteiger partial charge in [0.1, 0.15) is 6.04 Å². The van der Waals surface area contributed by atoms with Crippen LogP contribution in [0.25, 0.3) is 0 Å². The summed E-state index contributed by atoms with van der Waals surface area (Å²) in [6, 6.07) is 25.1. The molecule has 3 rings (SSSR count). The van der Waals surface area contributed by atoms with Gasteiger partial charge in [0.05, 0.1) is 5.75 Å². The van der Waals surface area contributed by atoms with Crippen molar-refractivity contribution < 1.29 is 9.59 Å². The molecule has 3 aromatic carbocycles. The molecule has 0 aliphatic rings. The smallest absolute Gasteiger partial charge is 0.243 e. The first-order valence-electron chi connectivity index (χ1n) is 12.4. The van der Waals surface area contributed by atoms with Gasteiger partial charge in [0.15, 0.2) is 0 Å². The molecule has 0 saturated carbocycles. The van der Waals surface area contributed by atoms with Crippen molar-refractivity contribution in [3.05, 3.63) is 106 Å². The quantitative estimate of drug-likeness (QED) is 0.263. The van der Waals surface area contributed by atoms with E-state index in [1.165, 1.54) is 0 Å². The number of halogens is 1. The number of carbonyl (C=O) groups is 2. The van der Waals surface area contributed by atoms with Crippen molar-refractivity contribution in [1.29, 1.82) is 0 Å². The summed E-state index contributed by atoms with van der Waals surface area (Å²) in [5.41, 5.74) is 4.25. The Labute approximate surface area is 224 Å². The number of nitrogens with one attached hydrogen (secondary N) is 1. The van der Waals surface area contributed by atoms with Crippen LogP contribution in [0.3, 0.4) is 0 Å². The zero-order valence-corrected chi connectivity index (χ0v) is 22.7. The van der Waals surface area contributed by atoms with E-state index in [2.05, 4.69) is 18.3 Å². The Morgan fingerprint density at radius 3 is 2.39 bits per heavy atom. The zero-order valence-electron chi connectivity index (χ0n) is 21.1. The molecule has 0 radical (unpaired) electrons. The van der Waals surface area contributed by atoms with E-state index in [9.17, 15) is 9.59 Å². The van der Waals surface area contributed by atoms with Gasteiger partial charge in [-0.05, 0) is 42.2 Å². The van der Waals surface area contributed by atoms with Gasteiger partial charge < -0.3 is 10.2 Å². The molecule has 2 amide bonds. The van der Waals surface area contributed by atoms with Gasteiger partial charge in [0.2, 0.25) is 11.8 Å². The van der Waals surface area contributed by atoms with E-state index in [0.717, 1.165) is 35.1 Å². The molecule has 0 heterocycles. The van der Waals surface area contributed by atoms with Gasteiger partial charge in [0, 0.05) is 30.3 Å². The molecular formula is C30H35ClN2O2S. The fourth-order valence-corrected chi connectivity index (χ4v) is 5.10. The molecule has 190 valence electrons. The van der Waals surface area contributed by atoms with Crippen molar-refractivity contribution in [2.75, 3.05) is 12.3 Å². The van der Waals surface area contributed by atoms with E-state index in [0.29, 0.717) is 30.3 Å². The van der Waals surface area contributed by atoms with Crippen LogP contribution in [-0.2, 0) is 28.3 Å². The van der Waals surface area contributed by atoms with Crippen LogP contribution >= 0.6 is 23.4 Å². The lowest BCUT2D eigenvalue weighted by Gasteiger charge is -2.31.